The van der Waals surface area contributed by atoms with E-state index in [1.165, 1.54) is 6.07 Å². The highest BCUT2D eigenvalue weighted by atomic mass is 19.1. The molecule has 1 aliphatic heterocycles. The lowest BCUT2D eigenvalue weighted by Crippen LogP contribution is -2.52. The predicted molar refractivity (Wildman–Crippen MR) is 83.4 cm³/mol. The molecule has 6 heteroatoms. The number of nitrogens with one attached hydrogen (secondary N) is 1. The maximum absolute atomic E-state index is 13.5. The second-order valence-electron chi connectivity index (χ2n) is 5.39. The fraction of sp³-hybridized carbons (Fsp3) is 0.562. The maximum Gasteiger partial charge on any atom is 0.317 e. The van der Waals surface area contributed by atoms with Gasteiger partial charge in [0.2, 0.25) is 0 Å². The summed E-state index contributed by atoms with van der Waals surface area (Å²) in [5.41, 5.74) is 0.632. The zero-order valence-electron chi connectivity index (χ0n) is 13.1. The van der Waals surface area contributed by atoms with Crippen molar-refractivity contribution in [1.29, 1.82) is 0 Å². The molecule has 0 aliphatic carbocycles. The predicted octanol–water partition coefficient (Wildman–Crippen LogP) is 1.34. The van der Waals surface area contributed by atoms with Crippen LogP contribution in [0.3, 0.4) is 0 Å². The SMILES string of the molecule is COCCN1CCN(C(=O)NCCc2ccccc2F)CC1. The second-order valence-corrected chi connectivity index (χ2v) is 5.39. The fourth-order valence-electron chi connectivity index (χ4n) is 2.51. The van der Waals surface area contributed by atoms with E-state index in [2.05, 4.69) is 10.2 Å². The molecule has 1 fully saturated rings. The highest BCUT2D eigenvalue weighted by molar-refractivity contribution is 5.74. The molecule has 1 aliphatic rings. The van der Waals surface area contributed by atoms with E-state index < -0.39 is 0 Å². The Labute approximate surface area is 131 Å². The number of rotatable bonds is 6. The van der Waals surface area contributed by atoms with Crippen molar-refractivity contribution in [1.82, 2.24) is 15.1 Å². The van der Waals surface area contributed by atoms with Crippen LogP contribution >= 0.6 is 0 Å². The zero-order valence-corrected chi connectivity index (χ0v) is 13.1. The standard InChI is InChI=1S/C16H24FN3O2/c1-22-13-12-19-8-10-20(11-9-19)16(21)18-7-6-14-4-2-3-5-15(14)17/h2-5H,6-13H2,1H3,(H,18,21). The molecule has 0 unspecified atom stereocenters. The van der Waals surface area contributed by atoms with Crippen LogP contribution in [0.5, 0.6) is 0 Å². The molecule has 1 aromatic rings. The van der Waals surface area contributed by atoms with Crippen molar-refractivity contribution >= 4 is 6.03 Å². The van der Waals surface area contributed by atoms with Crippen molar-refractivity contribution in [2.75, 3.05) is 53.0 Å². The molecule has 0 spiro atoms. The van der Waals surface area contributed by atoms with Crippen molar-refractivity contribution in [3.63, 3.8) is 0 Å². The van der Waals surface area contributed by atoms with Crippen LogP contribution < -0.4 is 5.32 Å². The Balaban J connectivity index is 1.67. The molecule has 2 amide bonds. The summed E-state index contributed by atoms with van der Waals surface area (Å²) in [5.74, 6) is -0.219. The van der Waals surface area contributed by atoms with Crippen LogP contribution in [0.1, 0.15) is 5.56 Å². The highest BCUT2D eigenvalue weighted by Gasteiger charge is 2.20. The van der Waals surface area contributed by atoms with E-state index >= 15 is 0 Å². The minimum atomic E-state index is -0.219. The number of amides is 2. The van der Waals surface area contributed by atoms with Crippen LogP contribution in [0.2, 0.25) is 0 Å². The van der Waals surface area contributed by atoms with Gasteiger partial charge in [-0.3, -0.25) is 4.90 Å². The Morgan fingerprint density at radius 2 is 2.00 bits per heavy atom. The number of halogens is 1. The van der Waals surface area contributed by atoms with Gasteiger partial charge in [0.25, 0.3) is 0 Å². The van der Waals surface area contributed by atoms with Gasteiger partial charge in [-0.1, -0.05) is 18.2 Å². The first-order chi connectivity index (χ1) is 10.7. The molecule has 0 aromatic heterocycles. The lowest BCUT2D eigenvalue weighted by atomic mass is 10.1. The molecule has 0 atom stereocenters. The average molecular weight is 309 g/mol. The van der Waals surface area contributed by atoms with Crippen LogP contribution in [0.4, 0.5) is 9.18 Å². The highest BCUT2D eigenvalue weighted by Crippen LogP contribution is 2.06. The first-order valence-corrected chi connectivity index (χ1v) is 7.68. The lowest BCUT2D eigenvalue weighted by Gasteiger charge is -2.34. The first kappa shape index (κ1) is 16.7. The van der Waals surface area contributed by atoms with Gasteiger partial charge in [0.05, 0.1) is 6.61 Å². The van der Waals surface area contributed by atoms with Crippen LogP contribution in [0, 0.1) is 5.82 Å². The van der Waals surface area contributed by atoms with E-state index in [0.717, 1.165) is 39.3 Å². The van der Waals surface area contributed by atoms with E-state index in [1.54, 1.807) is 25.3 Å². The molecule has 122 valence electrons. The minimum Gasteiger partial charge on any atom is -0.383 e. The van der Waals surface area contributed by atoms with Crippen molar-refractivity contribution in [3.05, 3.63) is 35.6 Å². The van der Waals surface area contributed by atoms with E-state index in [1.807, 2.05) is 4.90 Å². The van der Waals surface area contributed by atoms with Gasteiger partial charge in [0, 0.05) is 46.4 Å². The van der Waals surface area contributed by atoms with Crippen molar-refractivity contribution in [3.8, 4) is 0 Å². The Hall–Kier alpha value is -1.66. The summed E-state index contributed by atoms with van der Waals surface area (Å²) in [4.78, 5) is 16.2. The summed E-state index contributed by atoms with van der Waals surface area (Å²) < 4.78 is 18.5. The molecular formula is C16H24FN3O2. The molecule has 1 heterocycles. The van der Waals surface area contributed by atoms with Crippen LogP contribution in [-0.2, 0) is 11.2 Å². The van der Waals surface area contributed by atoms with E-state index in [4.69, 9.17) is 4.74 Å². The van der Waals surface area contributed by atoms with E-state index in [-0.39, 0.29) is 11.8 Å². The van der Waals surface area contributed by atoms with Gasteiger partial charge in [-0.05, 0) is 18.1 Å². The third-order valence-corrected chi connectivity index (χ3v) is 3.90. The van der Waals surface area contributed by atoms with Crippen LogP contribution in [0.25, 0.3) is 0 Å². The topological polar surface area (TPSA) is 44.8 Å². The van der Waals surface area contributed by atoms with E-state index in [9.17, 15) is 9.18 Å². The monoisotopic (exact) mass is 309 g/mol. The molecule has 1 N–H and O–H groups in total. The summed E-state index contributed by atoms with van der Waals surface area (Å²) in [6.07, 6.45) is 0.506. The normalized spacial score (nSPS) is 15.8. The molecule has 5 nitrogen and oxygen atoms in total. The van der Waals surface area contributed by atoms with Crippen molar-refractivity contribution in [2.45, 2.75) is 6.42 Å². The summed E-state index contributed by atoms with van der Waals surface area (Å²) in [5, 5.41) is 2.86. The number of nitrogens with zero attached hydrogens (tertiary/aromatic N) is 2. The summed E-state index contributed by atoms with van der Waals surface area (Å²) in [6, 6.07) is 6.59. The number of carbonyl (C=O) groups is 1. The van der Waals surface area contributed by atoms with Gasteiger partial charge in [-0.15, -0.1) is 0 Å². The molecule has 0 radical (unpaired) electrons. The van der Waals surface area contributed by atoms with Crippen molar-refractivity contribution in [2.24, 2.45) is 0 Å². The molecule has 22 heavy (non-hydrogen) atoms. The number of urea groups is 1. The molecule has 0 bridgehead atoms. The van der Waals surface area contributed by atoms with Crippen LogP contribution in [-0.4, -0.2) is 68.8 Å². The van der Waals surface area contributed by atoms with Gasteiger partial charge in [-0.2, -0.15) is 0 Å². The third kappa shape index (κ3) is 4.96. The summed E-state index contributed by atoms with van der Waals surface area (Å²) in [6.45, 7) is 5.23. The molecule has 2 rings (SSSR count). The van der Waals surface area contributed by atoms with Crippen molar-refractivity contribution < 1.29 is 13.9 Å². The smallest absolute Gasteiger partial charge is 0.317 e. The number of carbonyl (C=O) groups excluding carboxylic acids is 1. The zero-order chi connectivity index (χ0) is 15.8. The summed E-state index contributed by atoms with van der Waals surface area (Å²) in [7, 11) is 1.69. The Bertz CT molecular complexity index is 476. The van der Waals surface area contributed by atoms with Gasteiger partial charge >= 0.3 is 6.03 Å². The second kappa shape index (κ2) is 8.70. The van der Waals surface area contributed by atoms with Gasteiger partial charge in [0.1, 0.15) is 5.82 Å². The number of piperazine rings is 1. The number of ether oxygens (including phenoxy) is 1. The Kier molecular flexibility index (Phi) is 6.61. The largest absolute Gasteiger partial charge is 0.383 e. The molecule has 0 saturated carbocycles. The molecule has 1 saturated heterocycles. The van der Waals surface area contributed by atoms with Crippen LogP contribution in [0.15, 0.2) is 24.3 Å². The Morgan fingerprint density at radius 1 is 1.27 bits per heavy atom. The average Bonchev–Trinajstić information content (AvgIpc) is 2.55. The molecular weight excluding hydrogens is 285 g/mol. The van der Waals surface area contributed by atoms with Gasteiger partial charge in [0.15, 0.2) is 0 Å². The maximum atomic E-state index is 13.5. The fourth-order valence-corrected chi connectivity index (χ4v) is 2.51. The quantitative estimate of drug-likeness (QED) is 0.862. The Morgan fingerprint density at radius 3 is 2.68 bits per heavy atom. The number of methoxy groups -OCH3 is 1. The lowest BCUT2D eigenvalue weighted by molar-refractivity contribution is 0.106. The summed E-state index contributed by atoms with van der Waals surface area (Å²) >= 11 is 0. The molecule has 1 aromatic carbocycles. The third-order valence-electron chi connectivity index (χ3n) is 3.90. The number of hydrogen-bond acceptors (Lipinski definition) is 3. The number of benzene rings is 1. The minimum absolute atomic E-state index is 0.0669. The van der Waals surface area contributed by atoms with Gasteiger partial charge in [-0.25, -0.2) is 9.18 Å². The van der Waals surface area contributed by atoms with E-state index in [0.29, 0.717) is 18.5 Å². The first-order valence-electron chi connectivity index (χ1n) is 7.68. The van der Waals surface area contributed by atoms with Gasteiger partial charge < -0.3 is 15.0 Å². The number of hydrogen-bond donors (Lipinski definition) is 1.